The van der Waals surface area contributed by atoms with Gasteiger partial charge in [0.25, 0.3) is 0 Å². The van der Waals surface area contributed by atoms with E-state index in [4.69, 9.17) is 5.26 Å². The topological polar surface area (TPSA) is 52.5 Å². The molecule has 2 rings (SSSR count). The van der Waals surface area contributed by atoms with Crippen LogP contribution in [-0.4, -0.2) is 10.2 Å². The highest BCUT2D eigenvalue weighted by Gasteiger charge is 2.00. The standard InChI is InChI=1S/C9H7N3.C2H6/c1-6-8-4-7(5-10)2-3-9(8)12-11-6;1-2/h2-4H,1H3,(H,11,12);1-2H3. The third-order valence-electron chi connectivity index (χ3n) is 1.87. The number of H-pyrrole nitrogens is 1. The number of aryl methyl sites for hydroxylation is 1. The Balaban J connectivity index is 0.000000461. The van der Waals surface area contributed by atoms with Gasteiger partial charge in [-0.3, -0.25) is 5.10 Å². The molecule has 0 fully saturated rings. The summed E-state index contributed by atoms with van der Waals surface area (Å²) in [6.07, 6.45) is 0. The Bertz CT molecular complexity index is 463. The third kappa shape index (κ3) is 1.74. The molecular weight excluding hydrogens is 174 g/mol. The number of hydrogen-bond donors (Lipinski definition) is 1. The van der Waals surface area contributed by atoms with E-state index < -0.39 is 0 Å². The Kier molecular flexibility index (Phi) is 3.24. The number of nitrogens with one attached hydrogen (secondary N) is 1. The first-order valence-electron chi connectivity index (χ1n) is 4.66. The molecule has 72 valence electrons. The molecule has 0 unspecified atom stereocenters. The summed E-state index contributed by atoms with van der Waals surface area (Å²) >= 11 is 0. The van der Waals surface area contributed by atoms with Crippen LogP contribution in [0.15, 0.2) is 18.2 Å². The largest absolute Gasteiger partial charge is 0.282 e. The van der Waals surface area contributed by atoms with Gasteiger partial charge in [-0.15, -0.1) is 0 Å². The normalized spacial score (nSPS) is 9.00. The van der Waals surface area contributed by atoms with Crippen molar-refractivity contribution < 1.29 is 0 Å². The number of hydrogen-bond acceptors (Lipinski definition) is 2. The molecule has 0 saturated carbocycles. The average molecular weight is 187 g/mol. The maximum atomic E-state index is 8.64. The Morgan fingerprint density at radius 2 is 2.07 bits per heavy atom. The predicted octanol–water partition coefficient (Wildman–Crippen LogP) is 2.77. The second-order valence-corrected chi connectivity index (χ2v) is 2.69. The number of nitrogens with zero attached hydrogens (tertiary/aromatic N) is 2. The van der Waals surface area contributed by atoms with Gasteiger partial charge in [0.1, 0.15) is 0 Å². The molecule has 0 radical (unpaired) electrons. The monoisotopic (exact) mass is 187 g/mol. The van der Waals surface area contributed by atoms with Crippen LogP contribution in [0.2, 0.25) is 0 Å². The number of nitriles is 1. The second kappa shape index (κ2) is 4.43. The quantitative estimate of drug-likeness (QED) is 0.689. The number of benzene rings is 1. The van der Waals surface area contributed by atoms with Gasteiger partial charge >= 0.3 is 0 Å². The smallest absolute Gasteiger partial charge is 0.0991 e. The fourth-order valence-electron chi connectivity index (χ4n) is 1.21. The Morgan fingerprint density at radius 3 is 2.71 bits per heavy atom. The third-order valence-corrected chi connectivity index (χ3v) is 1.87. The summed E-state index contributed by atoms with van der Waals surface area (Å²) in [7, 11) is 0. The molecule has 1 N–H and O–H groups in total. The molecule has 1 aromatic carbocycles. The molecule has 0 spiro atoms. The van der Waals surface area contributed by atoms with Crippen molar-refractivity contribution in [2.45, 2.75) is 20.8 Å². The van der Waals surface area contributed by atoms with Crippen molar-refractivity contribution in [2.24, 2.45) is 0 Å². The first kappa shape index (κ1) is 10.3. The molecule has 0 aliphatic rings. The average Bonchev–Trinajstić information content (AvgIpc) is 2.63. The highest BCUT2D eigenvalue weighted by molar-refractivity contribution is 5.82. The van der Waals surface area contributed by atoms with E-state index in [1.807, 2.05) is 32.9 Å². The van der Waals surface area contributed by atoms with Crippen LogP contribution in [0.1, 0.15) is 25.1 Å². The minimum atomic E-state index is 0.673. The molecular formula is C11H13N3. The van der Waals surface area contributed by atoms with Gasteiger partial charge in [0.15, 0.2) is 0 Å². The number of aromatic nitrogens is 2. The zero-order chi connectivity index (χ0) is 10.6. The summed E-state index contributed by atoms with van der Waals surface area (Å²) in [6, 6.07) is 7.55. The summed E-state index contributed by atoms with van der Waals surface area (Å²) in [5.41, 5.74) is 2.58. The zero-order valence-corrected chi connectivity index (χ0v) is 8.63. The van der Waals surface area contributed by atoms with Gasteiger partial charge in [-0.25, -0.2) is 0 Å². The van der Waals surface area contributed by atoms with Crippen LogP contribution in [0.3, 0.4) is 0 Å². The van der Waals surface area contributed by atoms with Gasteiger partial charge in [-0.2, -0.15) is 10.4 Å². The van der Waals surface area contributed by atoms with E-state index in [0.29, 0.717) is 5.56 Å². The molecule has 3 nitrogen and oxygen atoms in total. The molecule has 1 aromatic heterocycles. The van der Waals surface area contributed by atoms with Gasteiger partial charge in [-0.05, 0) is 25.1 Å². The van der Waals surface area contributed by atoms with Crippen molar-refractivity contribution in [2.75, 3.05) is 0 Å². The number of aromatic amines is 1. The van der Waals surface area contributed by atoms with Crippen molar-refractivity contribution >= 4 is 10.9 Å². The molecule has 0 bridgehead atoms. The van der Waals surface area contributed by atoms with Crippen LogP contribution in [0.25, 0.3) is 10.9 Å². The van der Waals surface area contributed by atoms with Gasteiger partial charge in [-0.1, -0.05) is 13.8 Å². The molecule has 0 aliphatic heterocycles. The molecule has 0 saturated heterocycles. The van der Waals surface area contributed by atoms with Crippen LogP contribution in [-0.2, 0) is 0 Å². The summed E-state index contributed by atoms with van der Waals surface area (Å²) in [4.78, 5) is 0. The Labute approximate surface area is 83.4 Å². The fourth-order valence-corrected chi connectivity index (χ4v) is 1.21. The van der Waals surface area contributed by atoms with Crippen LogP contribution < -0.4 is 0 Å². The highest BCUT2D eigenvalue weighted by Crippen LogP contribution is 2.15. The van der Waals surface area contributed by atoms with E-state index in [9.17, 15) is 0 Å². The van der Waals surface area contributed by atoms with Gasteiger partial charge in [0.2, 0.25) is 0 Å². The molecule has 0 aliphatic carbocycles. The van der Waals surface area contributed by atoms with Crippen molar-refractivity contribution in [3.63, 3.8) is 0 Å². The first-order valence-corrected chi connectivity index (χ1v) is 4.66. The molecule has 14 heavy (non-hydrogen) atoms. The highest BCUT2D eigenvalue weighted by atomic mass is 15.1. The lowest BCUT2D eigenvalue weighted by atomic mass is 10.1. The van der Waals surface area contributed by atoms with Crippen LogP contribution in [0.4, 0.5) is 0 Å². The van der Waals surface area contributed by atoms with Crippen LogP contribution >= 0.6 is 0 Å². The molecule has 0 atom stereocenters. The van der Waals surface area contributed by atoms with Crippen LogP contribution in [0, 0.1) is 18.3 Å². The fraction of sp³-hybridized carbons (Fsp3) is 0.273. The summed E-state index contributed by atoms with van der Waals surface area (Å²) in [6.45, 7) is 5.94. The first-order chi connectivity index (χ1) is 6.81. The lowest BCUT2D eigenvalue weighted by Gasteiger charge is -1.89. The van der Waals surface area contributed by atoms with E-state index in [1.54, 1.807) is 6.07 Å². The maximum Gasteiger partial charge on any atom is 0.0991 e. The maximum absolute atomic E-state index is 8.64. The minimum absolute atomic E-state index is 0.673. The van der Waals surface area contributed by atoms with Crippen molar-refractivity contribution in [3.8, 4) is 6.07 Å². The summed E-state index contributed by atoms with van der Waals surface area (Å²) in [5, 5.41) is 16.6. The van der Waals surface area contributed by atoms with E-state index >= 15 is 0 Å². The van der Waals surface area contributed by atoms with Gasteiger partial charge in [0.05, 0.1) is 17.1 Å². The van der Waals surface area contributed by atoms with Gasteiger partial charge in [0, 0.05) is 11.1 Å². The molecule has 0 amide bonds. The Morgan fingerprint density at radius 1 is 1.36 bits per heavy atom. The molecule has 3 heteroatoms. The summed E-state index contributed by atoms with van der Waals surface area (Å²) in [5.74, 6) is 0. The summed E-state index contributed by atoms with van der Waals surface area (Å²) < 4.78 is 0. The van der Waals surface area contributed by atoms with Crippen molar-refractivity contribution in [1.82, 2.24) is 10.2 Å². The zero-order valence-electron chi connectivity index (χ0n) is 8.63. The van der Waals surface area contributed by atoms with E-state index in [2.05, 4.69) is 16.3 Å². The number of fused-ring (bicyclic) bond motifs is 1. The molecule has 2 aromatic rings. The van der Waals surface area contributed by atoms with E-state index in [0.717, 1.165) is 16.6 Å². The minimum Gasteiger partial charge on any atom is -0.282 e. The Hall–Kier alpha value is -1.82. The van der Waals surface area contributed by atoms with Crippen molar-refractivity contribution in [3.05, 3.63) is 29.5 Å². The van der Waals surface area contributed by atoms with E-state index in [-0.39, 0.29) is 0 Å². The molecule has 1 heterocycles. The van der Waals surface area contributed by atoms with Gasteiger partial charge < -0.3 is 0 Å². The second-order valence-electron chi connectivity index (χ2n) is 2.69. The van der Waals surface area contributed by atoms with Crippen molar-refractivity contribution in [1.29, 1.82) is 5.26 Å². The number of rotatable bonds is 0. The van der Waals surface area contributed by atoms with E-state index in [1.165, 1.54) is 0 Å². The lowest BCUT2D eigenvalue weighted by Crippen LogP contribution is -1.74. The predicted molar refractivity (Wildman–Crippen MR) is 56.9 cm³/mol. The van der Waals surface area contributed by atoms with Crippen LogP contribution in [0.5, 0.6) is 0 Å². The SMILES string of the molecule is CC.Cc1[nH]nc2ccc(C#N)cc12. The lowest BCUT2D eigenvalue weighted by molar-refractivity contribution is 1.07.